The molecule has 0 bridgehead atoms. The molecule has 0 spiro atoms. The van der Waals surface area contributed by atoms with E-state index in [4.69, 9.17) is 9.47 Å². The van der Waals surface area contributed by atoms with E-state index in [9.17, 15) is 22.8 Å². The summed E-state index contributed by atoms with van der Waals surface area (Å²) in [5, 5.41) is 7.36. The first-order valence-electron chi connectivity index (χ1n) is 13.1. The molecule has 3 amide bonds. The second-order valence-corrected chi connectivity index (χ2v) is 9.90. The van der Waals surface area contributed by atoms with Crippen LogP contribution in [0.25, 0.3) is 11.3 Å². The number of hydrogen-bond donors (Lipinski definition) is 2. The average molecular weight is 615 g/mol. The number of amides is 3. The Balaban J connectivity index is 1.54. The van der Waals surface area contributed by atoms with E-state index >= 15 is 0 Å². The van der Waals surface area contributed by atoms with Crippen molar-refractivity contribution >= 4 is 23.3 Å². The fourth-order valence-electron chi connectivity index (χ4n) is 4.09. The van der Waals surface area contributed by atoms with Gasteiger partial charge in [-0.1, -0.05) is 30.3 Å². The SMILES string of the molecule is COc1ccc(C(=O)/N=c2\scc(-c3ccc(OC(F)(F)F)cc3)n2CCCNC(=O)NCc2ccccc2)c(OC)c1. The summed E-state index contributed by atoms with van der Waals surface area (Å²) in [6, 6.07) is 19.3. The molecule has 3 aromatic carbocycles. The maximum absolute atomic E-state index is 13.2. The molecule has 4 aromatic rings. The molecule has 0 aliphatic rings. The lowest BCUT2D eigenvalue weighted by atomic mass is 10.1. The van der Waals surface area contributed by atoms with Crippen molar-refractivity contribution in [2.24, 2.45) is 4.99 Å². The van der Waals surface area contributed by atoms with Gasteiger partial charge < -0.3 is 29.4 Å². The van der Waals surface area contributed by atoms with Gasteiger partial charge in [0.1, 0.15) is 17.2 Å². The molecule has 13 heteroatoms. The Morgan fingerprint density at radius 3 is 2.33 bits per heavy atom. The van der Waals surface area contributed by atoms with E-state index in [0.29, 0.717) is 53.6 Å². The molecular weight excluding hydrogens is 585 g/mol. The molecule has 4 rings (SSSR count). The number of thiazole rings is 1. The number of methoxy groups -OCH3 is 2. The van der Waals surface area contributed by atoms with Gasteiger partial charge in [0.05, 0.1) is 25.5 Å². The van der Waals surface area contributed by atoms with Crippen LogP contribution in [0, 0.1) is 0 Å². The third-order valence-electron chi connectivity index (χ3n) is 6.16. The Labute approximate surface area is 249 Å². The molecule has 0 radical (unpaired) electrons. The first-order valence-corrected chi connectivity index (χ1v) is 14.0. The van der Waals surface area contributed by atoms with E-state index in [1.54, 1.807) is 28.1 Å². The van der Waals surface area contributed by atoms with Crippen molar-refractivity contribution in [3.8, 4) is 28.5 Å². The molecule has 0 fully saturated rings. The van der Waals surface area contributed by atoms with Crippen LogP contribution < -0.4 is 29.6 Å². The molecule has 226 valence electrons. The van der Waals surface area contributed by atoms with Gasteiger partial charge in [0, 0.05) is 31.1 Å². The van der Waals surface area contributed by atoms with Gasteiger partial charge in [0.2, 0.25) is 0 Å². The highest BCUT2D eigenvalue weighted by Crippen LogP contribution is 2.28. The largest absolute Gasteiger partial charge is 0.573 e. The second-order valence-electron chi connectivity index (χ2n) is 9.06. The number of halogens is 3. The summed E-state index contributed by atoms with van der Waals surface area (Å²) in [5.74, 6) is -0.0908. The van der Waals surface area contributed by atoms with Gasteiger partial charge in [-0.25, -0.2) is 4.79 Å². The van der Waals surface area contributed by atoms with Crippen LogP contribution in [0.1, 0.15) is 22.3 Å². The molecule has 2 N–H and O–H groups in total. The smallest absolute Gasteiger partial charge is 0.497 e. The lowest BCUT2D eigenvalue weighted by Crippen LogP contribution is -2.36. The van der Waals surface area contributed by atoms with E-state index in [0.717, 1.165) is 5.56 Å². The normalized spacial score (nSPS) is 11.6. The summed E-state index contributed by atoms with van der Waals surface area (Å²) in [6.07, 6.45) is -4.33. The monoisotopic (exact) mass is 614 g/mol. The number of alkyl halides is 3. The van der Waals surface area contributed by atoms with Crippen LogP contribution in [-0.2, 0) is 13.1 Å². The lowest BCUT2D eigenvalue weighted by molar-refractivity contribution is -0.274. The van der Waals surface area contributed by atoms with Crippen molar-refractivity contribution in [2.45, 2.75) is 25.9 Å². The van der Waals surface area contributed by atoms with E-state index in [1.807, 2.05) is 30.3 Å². The summed E-state index contributed by atoms with van der Waals surface area (Å²) in [4.78, 5) is 30.2. The topological polar surface area (TPSA) is 103 Å². The summed E-state index contributed by atoms with van der Waals surface area (Å²) < 4.78 is 54.2. The highest BCUT2D eigenvalue weighted by Gasteiger charge is 2.31. The average Bonchev–Trinajstić information content (AvgIpc) is 3.39. The number of benzene rings is 3. The minimum absolute atomic E-state index is 0.232. The predicted octanol–water partition coefficient (Wildman–Crippen LogP) is 5.76. The Morgan fingerprint density at radius 1 is 0.930 bits per heavy atom. The zero-order valence-electron chi connectivity index (χ0n) is 23.3. The third kappa shape index (κ3) is 8.85. The minimum atomic E-state index is -4.81. The fourth-order valence-corrected chi connectivity index (χ4v) is 5.03. The Morgan fingerprint density at radius 2 is 1.65 bits per heavy atom. The predicted molar refractivity (Wildman–Crippen MR) is 155 cm³/mol. The van der Waals surface area contributed by atoms with Gasteiger partial charge in [-0.05, 0) is 53.9 Å². The van der Waals surface area contributed by atoms with Crippen LogP contribution in [-0.4, -0.2) is 43.6 Å². The first kappa shape index (κ1) is 31.2. The quantitative estimate of drug-likeness (QED) is 0.209. The van der Waals surface area contributed by atoms with Gasteiger partial charge >= 0.3 is 12.4 Å². The molecule has 0 saturated carbocycles. The Kier molecular flexibility index (Phi) is 10.4. The molecule has 1 heterocycles. The maximum Gasteiger partial charge on any atom is 0.573 e. The standard InChI is InChI=1S/C30H29F3N4O5S/c1-40-23-13-14-24(26(17-23)41-2)27(38)36-29-37(16-6-15-34-28(39)35-18-20-7-4-3-5-8-20)25(19-43-29)21-9-11-22(12-10-21)42-30(31,32)33/h3-5,7-14,17,19H,6,15-16,18H2,1-2H3,(H2,34,35,39)/b36-29-. The number of aromatic nitrogens is 1. The molecule has 9 nitrogen and oxygen atoms in total. The summed E-state index contributed by atoms with van der Waals surface area (Å²) in [6.45, 7) is 1.05. The molecule has 1 aromatic heterocycles. The van der Waals surface area contributed by atoms with Crippen molar-refractivity contribution in [3.63, 3.8) is 0 Å². The number of carbonyl (C=O) groups is 2. The summed E-state index contributed by atoms with van der Waals surface area (Å²) in [5.41, 5.74) is 2.42. The zero-order valence-corrected chi connectivity index (χ0v) is 24.1. The lowest BCUT2D eigenvalue weighted by Gasteiger charge is -2.12. The third-order valence-corrected chi connectivity index (χ3v) is 7.02. The van der Waals surface area contributed by atoms with Crippen LogP contribution in [0.4, 0.5) is 18.0 Å². The van der Waals surface area contributed by atoms with Gasteiger partial charge in [0.25, 0.3) is 5.91 Å². The van der Waals surface area contributed by atoms with Crippen molar-refractivity contribution < 1.29 is 37.0 Å². The molecule has 0 aliphatic carbocycles. The van der Waals surface area contributed by atoms with Crippen LogP contribution >= 0.6 is 11.3 Å². The van der Waals surface area contributed by atoms with Crippen molar-refractivity contribution in [3.05, 3.63) is 94.1 Å². The number of carbonyl (C=O) groups excluding carboxylic acids is 2. The number of hydrogen-bond acceptors (Lipinski definition) is 6. The van der Waals surface area contributed by atoms with E-state index < -0.39 is 12.3 Å². The van der Waals surface area contributed by atoms with E-state index in [1.165, 1.54) is 49.8 Å². The molecule has 43 heavy (non-hydrogen) atoms. The van der Waals surface area contributed by atoms with Crippen LogP contribution in [0.15, 0.2) is 83.2 Å². The van der Waals surface area contributed by atoms with Crippen molar-refractivity contribution in [2.75, 3.05) is 20.8 Å². The molecule has 0 atom stereocenters. The highest BCUT2D eigenvalue weighted by atomic mass is 32.1. The number of ether oxygens (including phenoxy) is 3. The molecule has 0 unspecified atom stereocenters. The summed E-state index contributed by atoms with van der Waals surface area (Å²) >= 11 is 1.20. The first-order chi connectivity index (χ1) is 20.7. The minimum Gasteiger partial charge on any atom is -0.497 e. The second kappa shape index (κ2) is 14.4. The van der Waals surface area contributed by atoms with Gasteiger partial charge in [-0.15, -0.1) is 24.5 Å². The van der Waals surface area contributed by atoms with Crippen molar-refractivity contribution in [1.82, 2.24) is 15.2 Å². The van der Waals surface area contributed by atoms with E-state index in [-0.39, 0.29) is 17.3 Å². The molecular formula is C30H29F3N4O5S. The Bertz CT molecular complexity index is 1600. The molecule has 0 aliphatic heterocycles. The van der Waals surface area contributed by atoms with Crippen LogP contribution in [0.3, 0.4) is 0 Å². The Hall–Kier alpha value is -4.78. The van der Waals surface area contributed by atoms with E-state index in [2.05, 4.69) is 20.4 Å². The van der Waals surface area contributed by atoms with Crippen LogP contribution in [0.5, 0.6) is 17.2 Å². The number of rotatable bonds is 11. The van der Waals surface area contributed by atoms with Gasteiger partial charge in [-0.3, -0.25) is 4.79 Å². The van der Waals surface area contributed by atoms with Gasteiger partial charge in [0.15, 0.2) is 4.80 Å². The maximum atomic E-state index is 13.2. The number of nitrogens with one attached hydrogen (secondary N) is 2. The highest BCUT2D eigenvalue weighted by molar-refractivity contribution is 7.07. The summed E-state index contributed by atoms with van der Waals surface area (Å²) in [7, 11) is 2.93. The van der Waals surface area contributed by atoms with Gasteiger partial charge in [-0.2, -0.15) is 4.99 Å². The van der Waals surface area contributed by atoms with Crippen LogP contribution in [0.2, 0.25) is 0 Å². The number of nitrogens with zero attached hydrogens (tertiary/aromatic N) is 2. The number of urea groups is 1. The molecule has 0 saturated heterocycles. The fraction of sp³-hybridized carbons (Fsp3) is 0.233. The zero-order chi connectivity index (χ0) is 30.8. The van der Waals surface area contributed by atoms with Crippen molar-refractivity contribution in [1.29, 1.82) is 0 Å².